The minimum absolute atomic E-state index is 0.0986. The number of aliphatic hydroxyl groups excluding tert-OH is 1. The average molecular weight is 637 g/mol. The topological polar surface area (TPSA) is 117 Å². The highest BCUT2D eigenvalue weighted by molar-refractivity contribution is 7.22. The maximum atomic E-state index is 13.8. The Morgan fingerprint density at radius 2 is 1.72 bits per heavy atom. The molecule has 1 amide bonds. The Balaban J connectivity index is 1.35. The molecule has 0 radical (unpaired) electrons. The van der Waals surface area contributed by atoms with Gasteiger partial charge in [-0.15, -0.1) is 0 Å². The van der Waals surface area contributed by atoms with Gasteiger partial charge in [-0.1, -0.05) is 47.7 Å². The zero-order valence-electron chi connectivity index (χ0n) is 24.9. The van der Waals surface area contributed by atoms with E-state index in [2.05, 4.69) is 0 Å². The van der Waals surface area contributed by atoms with Gasteiger partial charge in [0.25, 0.3) is 5.78 Å². The van der Waals surface area contributed by atoms with Crippen molar-refractivity contribution in [2.45, 2.75) is 12.6 Å². The Hall–Kier alpha value is -5.55. The van der Waals surface area contributed by atoms with Crippen LogP contribution < -0.4 is 28.6 Å². The van der Waals surface area contributed by atoms with Crippen LogP contribution in [-0.2, 0) is 16.2 Å². The fourth-order valence-electron chi connectivity index (χ4n) is 5.52. The Morgan fingerprint density at radius 1 is 0.913 bits per heavy atom. The van der Waals surface area contributed by atoms with Crippen molar-refractivity contribution in [2.24, 2.45) is 0 Å². The highest BCUT2D eigenvalue weighted by Gasteiger charge is 2.48. The molecule has 0 saturated carbocycles. The van der Waals surface area contributed by atoms with E-state index in [-0.39, 0.29) is 11.3 Å². The first-order valence-corrected chi connectivity index (χ1v) is 15.3. The molecule has 1 fully saturated rings. The van der Waals surface area contributed by atoms with Crippen LogP contribution in [0.5, 0.6) is 28.7 Å². The number of carbonyl (C=O) groups is 2. The summed E-state index contributed by atoms with van der Waals surface area (Å²) in [6, 6.07) is 24.1. The SMILES string of the molecule is COc1ccc2nc(N3C(=O)C(=O)C(=C(O)c4ccc5c(c4)OCCO5)[C@H]3c3ccc(OCc4ccccc4)c(OC)c3)sc2c1. The smallest absolute Gasteiger partial charge is 0.301 e. The summed E-state index contributed by atoms with van der Waals surface area (Å²) < 4.78 is 29.2. The predicted molar refractivity (Wildman–Crippen MR) is 172 cm³/mol. The molecule has 0 bridgehead atoms. The molecular formula is C35H28N2O8S. The molecule has 0 aliphatic carbocycles. The summed E-state index contributed by atoms with van der Waals surface area (Å²) in [5, 5.41) is 12.0. The maximum absolute atomic E-state index is 13.8. The fourth-order valence-corrected chi connectivity index (χ4v) is 6.54. The second kappa shape index (κ2) is 12.1. The van der Waals surface area contributed by atoms with Gasteiger partial charge in [-0.2, -0.15) is 0 Å². The number of hydrogen-bond acceptors (Lipinski definition) is 10. The van der Waals surface area contributed by atoms with E-state index < -0.39 is 17.7 Å². The molecule has 10 nitrogen and oxygen atoms in total. The summed E-state index contributed by atoms with van der Waals surface area (Å²) in [4.78, 5) is 33.6. The molecule has 2 aliphatic rings. The number of nitrogens with zero attached hydrogens (tertiary/aromatic N) is 2. The number of ketones is 1. The monoisotopic (exact) mass is 636 g/mol. The van der Waals surface area contributed by atoms with Crippen LogP contribution in [0, 0.1) is 0 Å². The molecule has 1 N–H and O–H groups in total. The molecular weight excluding hydrogens is 608 g/mol. The molecule has 4 aromatic carbocycles. The maximum Gasteiger partial charge on any atom is 0.301 e. The molecule has 1 aromatic heterocycles. The van der Waals surface area contributed by atoms with Crippen molar-refractivity contribution in [1.82, 2.24) is 4.98 Å². The molecule has 1 saturated heterocycles. The Bertz CT molecular complexity index is 2010. The van der Waals surface area contributed by atoms with Crippen molar-refractivity contribution >= 4 is 44.1 Å². The predicted octanol–water partition coefficient (Wildman–Crippen LogP) is 6.29. The zero-order chi connectivity index (χ0) is 31.8. The molecule has 11 heteroatoms. The van der Waals surface area contributed by atoms with E-state index in [0.29, 0.717) is 70.3 Å². The van der Waals surface area contributed by atoms with Crippen molar-refractivity contribution in [3.05, 3.63) is 107 Å². The molecule has 0 spiro atoms. The number of methoxy groups -OCH3 is 2. The highest BCUT2D eigenvalue weighted by Crippen LogP contribution is 2.46. The van der Waals surface area contributed by atoms with Gasteiger partial charge in [-0.25, -0.2) is 4.98 Å². The lowest BCUT2D eigenvalue weighted by Crippen LogP contribution is -2.29. The first-order chi connectivity index (χ1) is 22.4. The van der Waals surface area contributed by atoms with Crippen molar-refractivity contribution in [3.8, 4) is 28.7 Å². The molecule has 46 heavy (non-hydrogen) atoms. The van der Waals surface area contributed by atoms with Crippen LogP contribution in [0.2, 0.25) is 0 Å². The summed E-state index contributed by atoms with van der Waals surface area (Å²) in [7, 11) is 3.09. The van der Waals surface area contributed by atoms with Crippen LogP contribution in [0.15, 0.2) is 90.5 Å². The number of fused-ring (bicyclic) bond motifs is 2. The van der Waals surface area contributed by atoms with E-state index in [1.807, 2.05) is 36.4 Å². The molecule has 2 aliphatic heterocycles. The number of benzene rings is 4. The van der Waals surface area contributed by atoms with E-state index in [4.69, 9.17) is 28.7 Å². The van der Waals surface area contributed by atoms with Gasteiger partial charge in [0, 0.05) is 5.56 Å². The number of aromatic nitrogens is 1. The summed E-state index contributed by atoms with van der Waals surface area (Å²) in [5.74, 6) is 0.447. The van der Waals surface area contributed by atoms with Crippen LogP contribution >= 0.6 is 11.3 Å². The number of rotatable bonds is 8. The van der Waals surface area contributed by atoms with Gasteiger partial charge in [-0.05, 0) is 59.7 Å². The average Bonchev–Trinajstić information content (AvgIpc) is 3.64. The van der Waals surface area contributed by atoms with Gasteiger partial charge in [0.2, 0.25) is 0 Å². The van der Waals surface area contributed by atoms with E-state index in [0.717, 1.165) is 10.3 Å². The summed E-state index contributed by atoms with van der Waals surface area (Å²) in [5.41, 5.74) is 2.33. The minimum Gasteiger partial charge on any atom is -0.507 e. The van der Waals surface area contributed by atoms with Gasteiger partial charge in [0.1, 0.15) is 31.3 Å². The lowest BCUT2D eigenvalue weighted by Gasteiger charge is -2.24. The number of ether oxygens (including phenoxy) is 5. The third kappa shape index (κ3) is 5.24. The number of hydrogen-bond donors (Lipinski definition) is 1. The first-order valence-electron chi connectivity index (χ1n) is 14.5. The van der Waals surface area contributed by atoms with Gasteiger partial charge in [-0.3, -0.25) is 14.5 Å². The van der Waals surface area contributed by atoms with E-state index >= 15 is 0 Å². The van der Waals surface area contributed by atoms with Crippen molar-refractivity contribution in [2.75, 3.05) is 32.3 Å². The molecule has 3 heterocycles. The minimum atomic E-state index is -1.03. The van der Waals surface area contributed by atoms with Gasteiger partial charge in [0.15, 0.2) is 28.1 Å². The number of Topliss-reactive ketones (excluding diaryl/α,β-unsaturated/α-hetero) is 1. The van der Waals surface area contributed by atoms with Crippen molar-refractivity contribution < 1.29 is 38.4 Å². The largest absolute Gasteiger partial charge is 0.507 e. The number of amides is 1. The molecule has 7 rings (SSSR count). The first kappa shape index (κ1) is 29.2. The van der Waals surface area contributed by atoms with E-state index in [1.54, 1.807) is 55.6 Å². The van der Waals surface area contributed by atoms with Crippen LogP contribution in [0.4, 0.5) is 5.13 Å². The lowest BCUT2D eigenvalue weighted by molar-refractivity contribution is -0.132. The summed E-state index contributed by atoms with van der Waals surface area (Å²) in [6.45, 7) is 1.07. The quantitative estimate of drug-likeness (QED) is 0.119. The molecule has 1 atom stereocenters. The Kier molecular flexibility index (Phi) is 7.67. The number of carbonyl (C=O) groups excluding carboxylic acids is 2. The van der Waals surface area contributed by atoms with Gasteiger partial charge < -0.3 is 28.8 Å². The number of thiazole rings is 1. The van der Waals surface area contributed by atoms with Crippen molar-refractivity contribution in [3.63, 3.8) is 0 Å². The number of aliphatic hydroxyl groups is 1. The lowest BCUT2D eigenvalue weighted by atomic mass is 9.95. The molecule has 0 unspecified atom stereocenters. The molecule has 232 valence electrons. The second-order valence-corrected chi connectivity index (χ2v) is 11.6. The Labute approximate surface area is 268 Å². The third-order valence-electron chi connectivity index (χ3n) is 7.79. The highest BCUT2D eigenvalue weighted by atomic mass is 32.1. The summed E-state index contributed by atoms with van der Waals surface area (Å²) >= 11 is 1.24. The normalized spacial score (nSPS) is 16.9. The second-order valence-electron chi connectivity index (χ2n) is 10.5. The van der Waals surface area contributed by atoms with E-state index in [9.17, 15) is 14.7 Å². The van der Waals surface area contributed by atoms with Crippen molar-refractivity contribution in [1.29, 1.82) is 0 Å². The van der Waals surface area contributed by atoms with Crippen LogP contribution in [-0.4, -0.2) is 49.2 Å². The fraction of sp³-hybridized carbons (Fsp3) is 0.171. The number of anilines is 1. The van der Waals surface area contributed by atoms with Crippen LogP contribution in [0.25, 0.3) is 16.0 Å². The van der Waals surface area contributed by atoms with Crippen LogP contribution in [0.3, 0.4) is 0 Å². The van der Waals surface area contributed by atoms with Gasteiger partial charge in [0.05, 0.1) is 36.1 Å². The summed E-state index contributed by atoms with van der Waals surface area (Å²) in [6.07, 6.45) is 0. The molecule has 5 aromatic rings. The Morgan fingerprint density at radius 3 is 2.50 bits per heavy atom. The van der Waals surface area contributed by atoms with E-state index in [1.165, 1.54) is 23.3 Å². The third-order valence-corrected chi connectivity index (χ3v) is 8.81. The van der Waals surface area contributed by atoms with Crippen LogP contribution in [0.1, 0.15) is 22.7 Å². The zero-order valence-corrected chi connectivity index (χ0v) is 25.7. The van der Waals surface area contributed by atoms with Gasteiger partial charge >= 0.3 is 5.91 Å². The standard InChI is InChI=1S/C35H28N2O8S/c1-41-23-10-11-24-29(18-23)46-35(36-24)37-31(21-8-12-25(27(16-21)42-2)45-19-20-6-4-3-5-7-20)30(33(39)34(37)40)32(38)22-9-13-26-28(17-22)44-15-14-43-26/h3-13,16-18,31,38H,14-15,19H2,1-2H3/t31-/m1/s1.